The van der Waals surface area contributed by atoms with Crippen molar-refractivity contribution in [2.24, 2.45) is 0 Å². The smallest absolute Gasteiger partial charge is 0.150 e. The van der Waals surface area contributed by atoms with E-state index in [0.29, 0.717) is 0 Å². The zero-order chi connectivity index (χ0) is 15.2. The van der Waals surface area contributed by atoms with Gasteiger partial charge in [-0.05, 0) is 36.1 Å². The highest BCUT2D eigenvalue weighted by atomic mass is 16.1. The monoisotopic (exact) mass is 279 g/mol. The molecule has 0 radical (unpaired) electrons. The van der Waals surface area contributed by atoms with Crippen LogP contribution in [0.5, 0.6) is 0 Å². The maximum absolute atomic E-state index is 11.4. The molecule has 0 aliphatic rings. The molecule has 0 fully saturated rings. The molecule has 108 valence electrons. The maximum Gasteiger partial charge on any atom is 0.150 e. The fraction of sp³-hybridized carbons (Fsp3) is 0.211. The van der Waals surface area contributed by atoms with Crippen molar-refractivity contribution in [3.63, 3.8) is 0 Å². The third-order valence-corrected chi connectivity index (χ3v) is 3.60. The van der Waals surface area contributed by atoms with Gasteiger partial charge < -0.3 is 5.32 Å². The van der Waals surface area contributed by atoms with Gasteiger partial charge in [-0.25, -0.2) is 0 Å². The van der Waals surface area contributed by atoms with Gasteiger partial charge in [0.15, 0.2) is 6.29 Å². The van der Waals surface area contributed by atoms with E-state index in [0.717, 1.165) is 40.7 Å². The number of allylic oxidation sites excluding steroid dienone is 1. The zero-order valence-electron chi connectivity index (χ0n) is 12.8. The van der Waals surface area contributed by atoms with E-state index >= 15 is 0 Å². The van der Waals surface area contributed by atoms with Crippen LogP contribution in [0.1, 0.15) is 40.4 Å². The summed E-state index contributed by atoms with van der Waals surface area (Å²) in [5.74, 6) is 0. The summed E-state index contributed by atoms with van der Waals surface area (Å²) in [7, 11) is 1.92. The van der Waals surface area contributed by atoms with E-state index in [-0.39, 0.29) is 0 Å². The minimum Gasteiger partial charge on any atom is -0.388 e. The van der Waals surface area contributed by atoms with Crippen molar-refractivity contribution in [3.8, 4) is 0 Å². The van der Waals surface area contributed by atoms with Gasteiger partial charge in [0.05, 0.1) is 0 Å². The van der Waals surface area contributed by atoms with Crippen LogP contribution in [0, 0.1) is 6.92 Å². The Kier molecular flexibility index (Phi) is 4.94. The average molecular weight is 279 g/mol. The van der Waals surface area contributed by atoms with Gasteiger partial charge in [0, 0.05) is 23.9 Å². The quantitative estimate of drug-likeness (QED) is 0.804. The number of carbonyl (C=O) groups excluding carboxylic acids is 1. The largest absolute Gasteiger partial charge is 0.388 e. The van der Waals surface area contributed by atoms with Crippen molar-refractivity contribution in [3.05, 3.63) is 70.8 Å². The van der Waals surface area contributed by atoms with Gasteiger partial charge in [-0.2, -0.15) is 0 Å². The third kappa shape index (κ3) is 3.05. The Hall–Kier alpha value is -2.35. The number of hydrogen-bond donors (Lipinski definition) is 1. The second-order valence-electron chi connectivity index (χ2n) is 4.98. The summed E-state index contributed by atoms with van der Waals surface area (Å²) in [4.78, 5) is 11.4. The Bertz CT molecular complexity index is 671. The van der Waals surface area contributed by atoms with Crippen LogP contribution in [0.2, 0.25) is 0 Å². The number of carbonyl (C=O) groups is 1. The normalized spacial score (nSPS) is 11.3. The molecule has 2 heteroatoms. The Morgan fingerprint density at radius 3 is 2.57 bits per heavy atom. The standard InChI is InChI=1S/C19H21NO/c1-4-8-17(16-11-6-5-10-15(16)13-21)19-14(2)9-7-12-18(19)20-3/h5-13,20H,4H2,1-3H3/b17-8+. The van der Waals surface area contributed by atoms with E-state index < -0.39 is 0 Å². The van der Waals surface area contributed by atoms with Crippen LogP contribution in [-0.4, -0.2) is 13.3 Å². The highest BCUT2D eigenvalue weighted by Crippen LogP contribution is 2.33. The predicted molar refractivity (Wildman–Crippen MR) is 89.9 cm³/mol. The van der Waals surface area contributed by atoms with E-state index in [4.69, 9.17) is 0 Å². The molecule has 0 saturated carbocycles. The van der Waals surface area contributed by atoms with E-state index in [1.165, 1.54) is 5.56 Å². The van der Waals surface area contributed by atoms with Gasteiger partial charge >= 0.3 is 0 Å². The van der Waals surface area contributed by atoms with Gasteiger partial charge in [-0.1, -0.05) is 49.4 Å². The number of anilines is 1. The Balaban J connectivity index is 2.72. The molecule has 2 aromatic carbocycles. The second-order valence-corrected chi connectivity index (χ2v) is 4.98. The molecule has 1 N–H and O–H groups in total. The van der Waals surface area contributed by atoms with Crippen LogP contribution < -0.4 is 5.32 Å². The summed E-state index contributed by atoms with van der Waals surface area (Å²) >= 11 is 0. The zero-order valence-corrected chi connectivity index (χ0v) is 12.8. The first kappa shape index (κ1) is 15.0. The Morgan fingerprint density at radius 1 is 1.14 bits per heavy atom. The lowest BCUT2D eigenvalue weighted by atomic mass is 9.89. The van der Waals surface area contributed by atoms with Crippen molar-refractivity contribution in [2.45, 2.75) is 20.3 Å². The van der Waals surface area contributed by atoms with Gasteiger partial charge in [0.2, 0.25) is 0 Å². The molecule has 0 heterocycles. The van der Waals surface area contributed by atoms with Crippen molar-refractivity contribution in [1.29, 1.82) is 0 Å². The summed E-state index contributed by atoms with van der Waals surface area (Å²) in [6.07, 6.45) is 4.03. The molecular formula is C19H21NO. The number of hydrogen-bond acceptors (Lipinski definition) is 2. The van der Waals surface area contributed by atoms with Crippen LogP contribution in [0.4, 0.5) is 5.69 Å². The molecule has 2 aromatic rings. The van der Waals surface area contributed by atoms with E-state index in [1.807, 2.05) is 37.4 Å². The molecule has 0 atom stereocenters. The van der Waals surface area contributed by atoms with Crippen LogP contribution in [-0.2, 0) is 0 Å². The van der Waals surface area contributed by atoms with E-state index in [2.05, 4.69) is 37.4 Å². The van der Waals surface area contributed by atoms with E-state index in [1.54, 1.807) is 0 Å². The second kappa shape index (κ2) is 6.89. The number of aldehydes is 1. The number of nitrogens with one attached hydrogen (secondary N) is 1. The van der Waals surface area contributed by atoms with Gasteiger partial charge in [0.1, 0.15) is 0 Å². The first-order chi connectivity index (χ1) is 10.2. The molecule has 0 aliphatic heterocycles. The van der Waals surface area contributed by atoms with Crippen molar-refractivity contribution in [2.75, 3.05) is 12.4 Å². The van der Waals surface area contributed by atoms with Gasteiger partial charge in [0.25, 0.3) is 0 Å². The fourth-order valence-electron chi connectivity index (χ4n) is 2.63. The van der Waals surface area contributed by atoms with E-state index in [9.17, 15) is 4.79 Å². The molecule has 0 aliphatic carbocycles. The first-order valence-corrected chi connectivity index (χ1v) is 7.25. The highest BCUT2D eigenvalue weighted by molar-refractivity contribution is 5.94. The topological polar surface area (TPSA) is 29.1 Å². The molecule has 0 spiro atoms. The molecular weight excluding hydrogens is 258 g/mol. The van der Waals surface area contributed by atoms with Crippen molar-refractivity contribution in [1.82, 2.24) is 0 Å². The molecule has 0 bridgehead atoms. The molecule has 0 saturated heterocycles. The number of aryl methyl sites for hydroxylation is 1. The fourth-order valence-corrected chi connectivity index (χ4v) is 2.63. The number of rotatable bonds is 5. The Labute approximate surface area is 126 Å². The molecule has 0 unspecified atom stereocenters. The SMILES string of the molecule is CC/C=C(\c1ccccc1C=O)c1c(C)cccc1NC. The lowest BCUT2D eigenvalue weighted by molar-refractivity contribution is 0.112. The van der Waals surface area contributed by atoms with Crippen LogP contribution >= 0.6 is 0 Å². The summed E-state index contributed by atoms with van der Waals surface area (Å²) in [5, 5.41) is 3.25. The van der Waals surface area contributed by atoms with Crippen LogP contribution in [0.3, 0.4) is 0 Å². The minimum atomic E-state index is 0.725. The number of benzene rings is 2. The summed E-state index contributed by atoms with van der Waals surface area (Å²) in [6.45, 7) is 4.21. The van der Waals surface area contributed by atoms with Crippen LogP contribution in [0.15, 0.2) is 48.5 Å². The molecule has 0 amide bonds. The minimum absolute atomic E-state index is 0.725. The van der Waals surface area contributed by atoms with Gasteiger partial charge in [-0.3, -0.25) is 4.79 Å². The third-order valence-electron chi connectivity index (χ3n) is 3.60. The molecule has 2 rings (SSSR count). The Morgan fingerprint density at radius 2 is 1.90 bits per heavy atom. The molecule has 0 aromatic heterocycles. The first-order valence-electron chi connectivity index (χ1n) is 7.25. The predicted octanol–water partition coefficient (Wildman–Crippen LogP) is 4.69. The van der Waals surface area contributed by atoms with Crippen molar-refractivity contribution >= 4 is 17.5 Å². The summed E-state index contributed by atoms with van der Waals surface area (Å²) in [5.41, 5.74) is 6.26. The highest BCUT2D eigenvalue weighted by Gasteiger charge is 2.14. The average Bonchev–Trinajstić information content (AvgIpc) is 2.53. The summed E-state index contributed by atoms with van der Waals surface area (Å²) in [6, 6.07) is 14.0. The molecule has 21 heavy (non-hydrogen) atoms. The van der Waals surface area contributed by atoms with Crippen LogP contribution in [0.25, 0.3) is 5.57 Å². The van der Waals surface area contributed by atoms with Gasteiger partial charge in [-0.15, -0.1) is 0 Å². The lowest BCUT2D eigenvalue weighted by Crippen LogP contribution is -2.01. The lowest BCUT2D eigenvalue weighted by Gasteiger charge is -2.17. The maximum atomic E-state index is 11.4. The molecule has 2 nitrogen and oxygen atoms in total. The van der Waals surface area contributed by atoms with Crippen molar-refractivity contribution < 1.29 is 4.79 Å². The summed E-state index contributed by atoms with van der Waals surface area (Å²) < 4.78 is 0.